The number of hydrogen-bond acceptors (Lipinski definition) is 3. The van der Waals surface area contributed by atoms with Gasteiger partial charge in [-0.2, -0.15) is 0 Å². The summed E-state index contributed by atoms with van der Waals surface area (Å²) in [7, 11) is 0. The Hall–Kier alpha value is -3.35. The molecule has 0 saturated heterocycles. The normalized spacial score (nSPS) is 10.5. The zero-order valence-corrected chi connectivity index (χ0v) is 14.2. The van der Waals surface area contributed by atoms with Gasteiger partial charge in [-0.25, -0.2) is 18.2 Å². The van der Waals surface area contributed by atoms with Crippen molar-refractivity contribution in [1.29, 1.82) is 0 Å². The number of rotatable bonds is 6. The van der Waals surface area contributed by atoms with E-state index < -0.39 is 17.5 Å². The largest absolute Gasteiger partial charge is 0.350 e. The summed E-state index contributed by atoms with van der Waals surface area (Å²) in [5, 5.41) is 5.25. The van der Waals surface area contributed by atoms with Crippen molar-refractivity contribution in [3.8, 4) is 0 Å². The highest BCUT2D eigenvalue weighted by molar-refractivity contribution is 5.92. The van der Waals surface area contributed by atoms with E-state index in [1.165, 1.54) is 30.5 Å². The molecule has 138 valence electrons. The molecule has 0 aliphatic heterocycles. The summed E-state index contributed by atoms with van der Waals surface area (Å²) in [6.45, 7) is 0.252. The van der Waals surface area contributed by atoms with Gasteiger partial charge in [0.15, 0.2) is 0 Å². The lowest BCUT2D eigenvalue weighted by Crippen LogP contribution is -2.26. The molecule has 2 N–H and O–H groups in total. The van der Waals surface area contributed by atoms with Gasteiger partial charge >= 0.3 is 0 Å². The SMILES string of the molecule is O=C(NCCc1ccccc1F)c1ccc(Nc2c(F)cccc2F)cn1. The molecule has 1 aromatic heterocycles. The van der Waals surface area contributed by atoms with E-state index in [-0.39, 0.29) is 23.7 Å². The lowest BCUT2D eigenvalue weighted by Gasteiger charge is -2.09. The van der Waals surface area contributed by atoms with E-state index in [2.05, 4.69) is 15.6 Å². The van der Waals surface area contributed by atoms with Crippen molar-refractivity contribution in [2.45, 2.75) is 6.42 Å². The van der Waals surface area contributed by atoms with E-state index in [9.17, 15) is 18.0 Å². The number of hydrogen-bond donors (Lipinski definition) is 2. The van der Waals surface area contributed by atoms with E-state index in [1.54, 1.807) is 18.2 Å². The van der Waals surface area contributed by atoms with Crippen molar-refractivity contribution in [1.82, 2.24) is 10.3 Å². The van der Waals surface area contributed by atoms with Gasteiger partial charge in [-0.15, -0.1) is 0 Å². The number of pyridine rings is 1. The van der Waals surface area contributed by atoms with Crippen LogP contribution in [-0.2, 0) is 6.42 Å². The molecule has 0 spiro atoms. The van der Waals surface area contributed by atoms with Crippen LogP contribution >= 0.6 is 0 Å². The van der Waals surface area contributed by atoms with Crippen LogP contribution < -0.4 is 10.6 Å². The number of nitrogens with zero attached hydrogens (tertiary/aromatic N) is 1. The summed E-state index contributed by atoms with van der Waals surface area (Å²) >= 11 is 0. The fourth-order valence-corrected chi connectivity index (χ4v) is 2.47. The first-order valence-electron chi connectivity index (χ1n) is 8.23. The van der Waals surface area contributed by atoms with Crippen LogP contribution in [0, 0.1) is 17.5 Å². The fraction of sp³-hybridized carbons (Fsp3) is 0.100. The maximum absolute atomic E-state index is 13.6. The molecule has 0 atom stereocenters. The molecule has 1 heterocycles. The zero-order valence-electron chi connectivity index (χ0n) is 14.2. The van der Waals surface area contributed by atoms with Crippen molar-refractivity contribution in [3.63, 3.8) is 0 Å². The minimum Gasteiger partial charge on any atom is -0.350 e. The van der Waals surface area contributed by atoms with Crippen LogP contribution in [-0.4, -0.2) is 17.4 Å². The number of amides is 1. The zero-order chi connectivity index (χ0) is 19.2. The molecule has 27 heavy (non-hydrogen) atoms. The molecular formula is C20H16F3N3O. The highest BCUT2D eigenvalue weighted by Crippen LogP contribution is 2.22. The average Bonchev–Trinajstić information content (AvgIpc) is 2.67. The molecule has 3 rings (SSSR count). The first-order valence-corrected chi connectivity index (χ1v) is 8.23. The van der Waals surface area contributed by atoms with E-state index in [1.807, 2.05) is 0 Å². The first kappa shape index (κ1) is 18.4. The maximum atomic E-state index is 13.6. The highest BCUT2D eigenvalue weighted by Gasteiger charge is 2.11. The molecule has 0 aliphatic rings. The van der Waals surface area contributed by atoms with Crippen LogP contribution in [0.15, 0.2) is 60.8 Å². The molecule has 2 aromatic carbocycles. The Bertz CT molecular complexity index is 925. The molecule has 3 aromatic rings. The number of nitrogens with one attached hydrogen (secondary N) is 2. The Morgan fingerprint density at radius 3 is 2.26 bits per heavy atom. The summed E-state index contributed by atoms with van der Waals surface area (Å²) in [4.78, 5) is 16.1. The predicted octanol–water partition coefficient (Wildman–Crippen LogP) is 4.22. The Morgan fingerprint density at radius 2 is 1.59 bits per heavy atom. The summed E-state index contributed by atoms with van der Waals surface area (Å²) in [6.07, 6.45) is 1.66. The lowest BCUT2D eigenvalue weighted by molar-refractivity contribution is 0.0949. The second kappa shape index (κ2) is 8.35. The Labute approximate surface area is 154 Å². The number of halogens is 3. The topological polar surface area (TPSA) is 54.0 Å². The molecular weight excluding hydrogens is 355 g/mol. The van der Waals surface area contributed by atoms with E-state index in [0.29, 0.717) is 17.7 Å². The fourth-order valence-electron chi connectivity index (χ4n) is 2.47. The van der Waals surface area contributed by atoms with Crippen LogP contribution in [0.25, 0.3) is 0 Å². The summed E-state index contributed by atoms with van der Waals surface area (Å²) in [6, 6.07) is 12.8. The van der Waals surface area contributed by atoms with Crippen LogP contribution in [0.5, 0.6) is 0 Å². The Balaban J connectivity index is 1.58. The molecule has 1 amide bonds. The van der Waals surface area contributed by atoms with Gasteiger partial charge < -0.3 is 10.6 Å². The van der Waals surface area contributed by atoms with Crippen molar-refractivity contribution in [2.75, 3.05) is 11.9 Å². The van der Waals surface area contributed by atoms with E-state index in [0.717, 1.165) is 12.1 Å². The summed E-state index contributed by atoms with van der Waals surface area (Å²) in [5.41, 5.74) is 0.698. The summed E-state index contributed by atoms with van der Waals surface area (Å²) in [5.74, 6) is -2.20. The van der Waals surface area contributed by atoms with Crippen LogP contribution in [0.2, 0.25) is 0 Å². The number of benzene rings is 2. The molecule has 0 radical (unpaired) electrons. The van der Waals surface area contributed by atoms with Gasteiger partial charge in [-0.1, -0.05) is 24.3 Å². The van der Waals surface area contributed by atoms with Crippen molar-refractivity contribution >= 4 is 17.3 Å². The van der Waals surface area contributed by atoms with Crippen molar-refractivity contribution in [2.24, 2.45) is 0 Å². The molecule has 0 aliphatic carbocycles. The van der Waals surface area contributed by atoms with Crippen LogP contribution in [0.3, 0.4) is 0 Å². The maximum Gasteiger partial charge on any atom is 0.269 e. The molecule has 0 fully saturated rings. The first-order chi connectivity index (χ1) is 13.0. The number of carbonyl (C=O) groups is 1. The van der Waals surface area contributed by atoms with E-state index >= 15 is 0 Å². The van der Waals surface area contributed by atoms with Gasteiger partial charge in [0.05, 0.1) is 11.9 Å². The molecule has 4 nitrogen and oxygen atoms in total. The van der Waals surface area contributed by atoms with E-state index in [4.69, 9.17) is 0 Å². The predicted molar refractivity (Wildman–Crippen MR) is 96.3 cm³/mol. The van der Waals surface area contributed by atoms with Gasteiger partial charge in [-0.3, -0.25) is 4.79 Å². The van der Waals surface area contributed by atoms with Crippen molar-refractivity contribution < 1.29 is 18.0 Å². The van der Waals surface area contributed by atoms with Gasteiger partial charge in [-0.05, 0) is 42.3 Å². The van der Waals surface area contributed by atoms with Gasteiger partial charge in [0.2, 0.25) is 0 Å². The lowest BCUT2D eigenvalue weighted by atomic mass is 10.1. The van der Waals surface area contributed by atoms with Gasteiger partial charge in [0.25, 0.3) is 5.91 Å². The smallest absolute Gasteiger partial charge is 0.269 e. The number of aromatic nitrogens is 1. The third-order valence-electron chi connectivity index (χ3n) is 3.87. The third-order valence-corrected chi connectivity index (χ3v) is 3.87. The number of anilines is 2. The second-order valence-electron chi connectivity index (χ2n) is 5.75. The molecule has 0 saturated carbocycles. The number of carbonyl (C=O) groups excluding carboxylic acids is 1. The van der Waals surface area contributed by atoms with Gasteiger partial charge in [0.1, 0.15) is 28.8 Å². The Morgan fingerprint density at radius 1 is 0.889 bits per heavy atom. The Kier molecular flexibility index (Phi) is 5.71. The monoisotopic (exact) mass is 371 g/mol. The quantitative estimate of drug-likeness (QED) is 0.682. The van der Waals surface area contributed by atoms with Gasteiger partial charge in [0, 0.05) is 6.54 Å². The molecule has 0 bridgehead atoms. The minimum atomic E-state index is -0.732. The van der Waals surface area contributed by atoms with Crippen molar-refractivity contribution in [3.05, 3.63) is 89.5 Å². The van der Waals surface area contributed by atoms with Crippen LogP contribution in [0.1, 0.15) is 16.1 Å². The molecule has 7 heteroatoms. The molecule has 0 unspecified atom stereocenters. The second-order valence-corrected chi connectivity index (χ2v) is 5.75. The third kappa shape index (κ3) is 4.63. The standard InChI is InChI=1S/C20H16F3N3O/c21-15-5-2-1-4-13(15)10-11-24-20(27)18-9-8-14(12-25-18)26-19-16(22)6-3-7-17(19)23/h1-9,12,26H,10-11H2,(H,24,27). The highest BCUT2D eigenvalue weighted by atomic mass is 19.1. The summed E-state index contributed by atoms with van der Waals surface area (Å²) < 4.78 is 40.8. The average molecular weight is 371 g/mol. The number of para-hydroxylation sites is 1. The van der Waals surface area contributed by atoms with Crippen LogP contribution in [0.4, 0.5) is 24.5 Å². The minimum absolute atomic E-state index is 0.142.